The molecule has 2 aliphatic heterocycles. The third kappa shape index (κ3) is 7.20. The van der Waals surface area contributed by atoms with Gasteiger partial charge in [0.2, 0.25) is 5.91 Å². The van der Waals surface area contributed by atoms with Crippen molar-refractivity contribution in [2.75, 3.05) is 51.5 Å². The average Bonchev–Trinajstić information content (AvgIpc) is 3.30. The summed E-state index contributed by atoms with van der Waals surface area (Å²) >= 11 is 0. The normalized spacial score (nSPS) is 19.9. The zero-order chi connectivity index (χ0) is 27.2. The molecule has 2 aromatic carbocycles. The van der Waals surface area contributed by atoms with E-state index in [4.69, 9.17) is 9.47 Å². The van der Waals surface area contributed by atoms with Crippen molar-refractivity contribution in [1.82, 2.24) is 19.8 Å². The zero-order valence-corrected chi connectivity index (χ0v) is 23.0. The number of carbonyl (C=O) groups excluding carboxylic acids is 1. The average molecular weight is 551 g/mol. The molecule has 0 radical (unpaired) electrons. The van der Waals surface area contributed by atoms with Crippen LogP contribution in [0.3, 0.4) is 0 Å². The van der Waals surface area contributed by atoms with Crippen molar-refractivity contribution in [3.63, 3.8) is 0 Å². The van der Waals surface area contributed by atoms with E-state index in [0.717, 1.165) is 33.6 Å². The molecule has 9 nitrogen and oxygen atoms in total. The van der Waals surface area contributed by atoms with E-state index in [1.165, 1.54) is 6.33 Å². The van der Waals surface area contributed by atoms with Crippen molar-refractivity contribution < 1.29 is 22.7 Å². The van der Waals surface area contributed by atoms with Gasteiger partial charge in [-0.3, -0.25) is 9.69 Å². The minimum atomic E-state index is -3.06. The molecule has 1 saturated heterocycles. The highest BCUT2D eigenvalue weighted by molar-refractivity contribution is 7.91. The van der Waals surface area contributed by atoms with E-state index in [2.05, 4.69) is 39.1 Å². The first-order chi connectivity index (χ1) is 18.9. The van der Waals surface area contributed by atoms with Crippen molar-refractivity contribution in [2.45, 2.75) is 25.4 Å². The fourth-order valence-corrected chi connectivity index (χ4v) is 6.88. The maximum Gasteiger partial charge on any atom is 0.236 e. The van der Waals surface area contributed by atoms with E-state index in [1.54, 1.807) is 24.3 Å². The van der Waals surface area contributed by atoms with Gasteiger partial charge in [0.1, 0.15) is 18.7 Å². The van der Waals surface area contributed by atoms with Crippen LogP contribution in [0.4, 0.5) is 0 Å². The molecule has 3 aromatic rings. The van der Waals surface area contributed by atoms with Gasteiger partial charge in [-0.1, -0.05) is 30.3 Å². The number of carbonyl (C=O) groups is 1. The first kappa shape index (κ1) is 27.2. The molecule has 1 unspecified atom stereocenters. The van der Waals surface area contributed by atoms with Gasteiger partial charge in [0.15, 0.2) is 9.84 Å². The Labute approximate surface area is 229 Å². The molecule has 2 aliphatic rings. The molecule has 0 saturated carbocycles. The van der Waals surface area contributed by atoms with Crippen LogP contribution in [0.2, 0.25) is 0 Å². The van der Waals surface area contributed by atoms with Gasteiger partial charge in [0.25, 0.3) is 0 Å². The predicted octanol–water partition coefficient (Wildman–Crippen LogP) is 2.59. The largest absolute Gasteiger partial charge is 0.491 e. The molecule has 3 heterocycles. The Morgan fingerprint density at radius 2 is 1.87 bits per heavy atom. The Morgan fingerprint density at radius 1 is 1.05 bits per heavy atom. The first-order valence-corrected chi connectivity index (χ1v) is 15.0. The fraction of sp³-hybridized carbons (Fsp3) is 0.414. The van der Waals surface area contributed by atoms with Crippen LogP contribution in [0, 0.1) is 0 Å². The van der Waals surface area contributed by atoms with E-state index in [0.29, 0.717) is 45.8 Å². The Kier molecular flexibility index (Phi) is 8.54. The molecule has 0 N–H and O–H groups in total. The smallest absolute Gasteiger partial charge is 0.236 e. The number of sulfone groups is 1. The van der Waals surface area contributed by atoms with Gasteiger partial charge in [-0.05, 0) is 40.8 Å². The second-order valence-corrected chi connectivity index (χ2v) is 12.4. The van der Waals surface area contributed by atoms with Crippen LogP contribution < -0.4 is 4.74 Å². The molecular weight excluding hydrogens is 516 g/mol. The number of ether oxygens (including phenoxy) is 2. The number of benzene rings is 2. The summed E-state index contributed by atoms with van der Waals surface area (Å²) in [6.45, 7) is 2.66. The number of hydrogen-bond acceptors (Lipinski definition) is 8. The summed E-state index contributed by atoms with van der Waals surface area (Å²) in [6.07, 6.45) is 6.29. The highest BCUT2D eigenvalue weighted by Crippen LogP contribution is 2.29. The predicted molar refractivity (Wildman–Crippen MR) is 148 cm³/mol. The third-order valence-corrected chi connectivity index (χ3v) is 9.04. The number of hydrogen-bond donors (Lipinski definition) is 0. The summed E-state index contributed by atoms with van der Waals surface area (Å²) in [4.78, 5) is 25.1. The van der Waals surface area contributed by atoms with Crippen LogP contribution in [0.25, 0.3) is 11.1 Å². The molecule has 0 spiro atoms. The highest BCUT2D eigenvalue weighted by atomic mass is 32.2. The summed E-state index contributed by atoms with van der Waals surface area (Å²) in [7, 11) is -1.35. The molecule has 39 heavy (non-hydrogen) atoms. The summed E-state index contributed by atoms with van der Waals surface area (Å²) in [5.74, 6) is 0.932. The lowest BCUT2D eigenvalue weighted by molar-refractivity contribution is -0.133. The van der Waals surface area contributed by atoms with Crippen molar-refractivity contribution >= 4 is 15.7 Å². The van der Waals surface area contributed by atoms with E-state index in [1.807, 2.05) is 18.2 Å². The van der Waals surface area contributed by atoms with Crippen LogP contribution in [-0.4, -0.2) is 91.6 Å². The minimum Gasteiger partial charge on any atom is -0.491 e. The summed E-state index contributed by atoms with van der Waals surface area (Å²) in [5.41, 5.74) is 5.27. The maximum atomic E-state index is 13.1. The number of likely N-dealkylation sites (N-methyl/N-ethyl adjacent to an activating group) is 1. The minimum absolute atomic E-state index is 0.0425. The Morgan fingerprint density at radius 3 is 2.67 bits per heavy atom. The van der Waals surface area contributed by atoms with Crippen LogP contribution in [-0.2, 0) is 32.3 Å². The molecule has 1 amide bonds. The van der Waals surface area contributed by atoms with Gasteiger partial charge in [0, 0.05) is 50.6 Å². The van der Waals surface area contributed by atoms with Crippen LogP contribution in [0.15, 0.2) is 61.2 Å². The van der Waals surface area contributed by atoms with Crippen molar-refractivity contribution in [2.24, 2.45) is 0 Å². The van der Waals surface area contributed by atoms with E-state index < -0.39 is 9.84 Å². The highest BCUT2D eigenvalue weighted by Gasteiger charge is 2.33. The van der Waals surface area contributed by atoms with Gasteiger partial charge in [-0.15, -0.1) is 0 Å². The summed E-state index contributed by atoms with van der Waals surface area (Å²) in [5, 5.41) is 0. The SMILES string of the molecule is CN(C(=O)CN1CCOCCOc2ccc(-c3cncnc3)cc2Cc2cccc(c2)C1)C1CCS(=O)(=O)C1. The maximum absolute atomic E-state index is 13.1. The van der Waals surface area contributed by atoms with Gasteiger partial charge >= 0.3 is 0 Å². The Balaban J connectivity index is 1.34. The molecule has 0 aliphatic carbocycles. The summed E-state index contributed by atoms with van der Waals surface area (Å²) < 4.78 is 35.8. The number of aromatic nitrogens is 2. The van der Waals surface area contributed by atoms with E-state index in [-0.39, 0.29) is 30.0 Å². The number of fused-ring (bicyclic) bond motifs is 3. The monoisotopic (exact) mass is 550 g/mol. The second-order valence-electron chi connectivity index (χ2n) is 10.2. The molecule has 5 rings (SSSR count). The molecule has 1 atom stereocenters. The molecule has 10 heteroatoms. The zero-order valence-electron chi connectivity index (χ0n) is 22.2. The lowest BCUT2D eigenvalue weighted by atomic mass is 9.98. The molecular formula is C29H34N4O5S. The van der Waals surface area contributed by atoms with Crippen LogP contribution >= 0.6 is 0 Å². The number of nitrogens with zero attached hydrogens (tertiary/aromatic N) is 4. The fourth-order valence-electron chi connectivity index (χ4n) is 5.11. The van der Waals surface area contributed by atoms with E-state index >= 15 is 0 Å². The number of rotatable bonds is 4. The quantitative estimate of drug-likeness (QED) is 0.489. The number of amides is 1. The van der Waals surface area contributed by atoms with Crippen molar-refractivity contribution in [1.29, 1.82) is 0 Å². The Hall–Kier alpha value is -3.34. The van der Waals surface area contributed by atoms with Crippen LogP contribution in [0.5, 0.6) is 5.75 Å². The lowest BCUT2D eigenvalue weighted by Gasteiger charge is -2.28. The van der Waals surface area contributed by atoms with Crippen LogP contribution in [0.1, 0.15) is 23.1 Å². The topological polar surface area (TPSA) is 102 Å². The Bertz CT molecular complexity index is 1400. The van der Waals surface area contributed by atoms with Gasteiger partial charge in [-0.25, -0.2) is 18.4 Å². The summed E-state index contributed by atoms with van der Waals surface area (Å²) in [6, 6.07) is 14.2. The van der Waals surface area contributed by atoms with Crippen molar-refractivity contribution in [3.8, 4) is 16.9 Å². The lowest BCUT2D eigenvalue weighted by Crippen LogP contribution is -2.44. The molecule has 1 aromatic heterocycles. The third-order valence-electron chi connectivity index (χ3n) is 7.29. The molecule has 206 valence electrons. The standard InChI is InChI=1S/C29H34N4O5S/c1-32(27-7-12-39(35,36)20-27)29(34)19-33-8-9-37-10-11-38-28-6-5-24(26-16-30-21-31-17-26)15-25(28)14-22-3-2-4-23(13-22)18-33/h2-6,13,15-17,21,27H,7-12,14,18-20H2,1H3. The molecule has 2 bridgehead atoms. The van der Waals surface area contributed by atoms with Crippen molar-refractivity contribution in [3.05, 3.63) is 77.9 Å². The van der Waals surface area contributed by atoms with E-state index in [9.17, 15) is 13.2 Å². The van der Waals surface area contributed by atoms with Gasteiger partial charge < -0.3 is 14.4 Å². The van der Waals surface area contributed by atoms with Gasteiger partial charge in [-0.2, -0.15) is 0 Å². The second kappa shape index (κ2) is 12.2. The first-order valence-electron chi connectivity index (χ1n) is 13.2. The molecule has 1 fully saturated rings. The van der Waals surface area contributed by atoms with Gasteiger partial charge in [0.05, 0.1) is 31.3 Å².